The number of carbonyl (C=O) groups excluding carboxylic acids is 1. The van der Waals surface area contributed by atoms with E-state index in [1.807, 2.05) is 0 Å². The van der Waals surface area contributed by atoms with Gasteiger partial charge in [0.1, 0.15) is 6.10 Å². The standard InChI is InChI=1S/C25H46O3Si2/c1-24-13-11-18(27-29(3,4)5)15-17(24)9-10-19-20(24)12-14-25(2)21(19)16-22(23(25)26)28-30(6,7)8/h17-22H,9-16H2,1-8H3/t17-,18-,19?,20?,21?,22+,24-,25-/m0/s1. The summed E-state index contributed by atoms with van der Waals surface area (Å²) in [6.45, 7) is 18.6. The van der Waals surface area contributed by atoms with Crippen molar-refractivity contribution in [3.63, 3.8) is 0 Å². The molecule has 172 valence electrons. The quantitative estimate of drug-likeness (QED) is 0.450. The minimum Gasteiger partial charge on any atom is -0.415 e. The largest absolute Gasteiger partial charge is 0.415 e. The van der Waals surface area contributed by atoms with Gasteiger partial charge in [0.05, 0.1) is 0 Å². The fourth-order valence-corrected chi connectivity index (χ4v) is 10.4. The Hall–Kier alpha value is 0.0238. The highest BCUT2D eigenvalue weighted by atomic mass is 28.4. The summed E-state index contributed by atoms with van der Waals surface area (Å²) in [4.78, 5) is 13.4. The van der Waals surface area contributed by atoms with Crippen LogP contribution in [-0.2, 0) is 13.6 Å². The molecule has 0 amide bonds. The first kappa shape index (κ1) is 23.2. The number of hydrogen-bond donors (Lipinski definition) is 0. The van der Waals surface area contributed by atoms with Crippen LogP contribution >= 0.6 is 0 Å². The first-order valence-electron chi connectivity index (χ1n) is 12.6. The number of hydrogen-bond acceptors (Lipinski definition) is 3. The van der Waals surface area contributed by atoms with Crippen molar-refractivity contribution in [3.8, 4) is 0 Å². The second-order valence-corrected chi connectivity index (χ2v) is 22.5. The third-order valence-electron chi connectivity index (χ3n) is 9.35. The van der Waals surface area contributed by atoms with Gasteiger partial charge in [-0.05, 0) is 120 Å². The third kappa shape index (κ3) is 4.06. The van der Waals surface area contributed by atoms with Crippen LogP contribution in [0.25, 0.3) is 0 Å². The summed E-state index contributed by atoms with van der Waals surface area (Å²) in [7, 11) is -3.18. The Bertz CT molecular complexity index is 681. The number of carbonyl (C=O) groups is 1. The molecule has 0 bridgehead atoms. The Kier molecular flexibility index (Phi) is 5.82. The van der Waals surface area contributed by atoms with E-state index in [-0.39, 0.29) is 11.5 Å². The van der Waals surface area contributed by atoms with Gasteiger partial charge in [-0.2, -0.15) is 0 Å². The smallest absolute Gasteiger partial charge is 0.184 e. The van der Waals surface area contributed by atoms with Crippen molar-refractivity contribution in [1.29, 1.82) is 0 Å². The molecule has 0 spiro atoms. The molecule has 0 aromatic heterocycles. The lowest BCUT2D eigenvalue weighted by atomic mass is 9.45. The molecule has 4 aliphatic carbocycles. The van der Waals surface area contributed by atoms with Crippen LogP contribution in [0.4, 0.5) is 0 Å². The van der Waals surface area contributed by atoms with Crippen molar-refractivity contribution in [3.05, 3.63) is 0 Å². The van der Waals surface area contributed by atoms with Crippen molar-refractivity contribution < 1.29 is 13.6 Å². The van der Waals surface area contributed by atoms with Gasteiger partial charge in [-0.1, -0.05) is 13.8 Å². The first-order chi connectivity index (χ1) is 13.7. The lowest BCUT2D eigenvalue weighted by Gasteiger charge is -2.60. The maximum Gasteiger partial charge on any atom is 0.184 e. The van der Waals surface area contributed by atoms with E-state index in [0.29, 0.717) is 23.2 Å². The molecular weight excluding hydrogens is 404 g/mol. The van der Waals surface area contributed by atoms with Crippen molar-refractivity contribution in [1.82, 2.24) is 0 Å². The topological polar surface area (TPSA) is 35.5 Å². The Morgan fingerprint density at radius 2 is 1.47 bits per heavy atom. The van der Waals surface area contributed by atoms with E-state index in [0.717, 1.165) is 30.6 Å². The van der Waals surface area contributed by atoms with Crippen LogP contribution in [0.1, 0.15) is 65.2 Å². The Labute approximate surface area is 187 Å². The maximum atomic E-state index is 13.4. The predicted molar refractivity (Wildman–Crippen MR) is 129 cm³/mol. The third-order valence-corrected chi connectivity index (χ3v) is 11.4. The molecule has 4 rings (SSSR count). The molecule has 0 N–H and O–H groups in total. The second-order valence-electron chi connectivity index (χ2n) is 13.6. The van der Waals surface area contributed by atoms with Crippen molar-refractivity contribution in [2.45, 2.75) is 117 Å². The van der Waals surface area contributed by atoms with E-state index in [1.54, 1.807) is 0 Å². The van der Waals surface area contributed by atoms with E-state index in [2.05, 4.69) is 53.1 Å². The lowest BCUT2D eigenvalue weighted by molar-refractivity contribution is -0.143. The summed E-state index contributed by atoms with van der Waals surface area (Å²) in [5, 5.41) is 0. The van der Waals surface area contributed by atoms with Gasteiger partial charge in [-0.15, -0.1) is 0 Å². The Morgan fingerprint density at radius 1 is 0.800 bits per heavy atom. The number of rotatable bonds is 4. The molecule has 4 fully saturated rings. The monoisotopic (exact) mass is 450 g/mol. The van der Waals surface area contributed by atoms with Gasteiger partial charge in [-0.3, -0.25) is 4.79 Å². The first-order valence-corrected chi connectivity index (χ1v) is 19.4. The molecule has 5 heteroatoms. The molecule has 4 saturated carbocycles. The molecule has 0 aromatic rings. The summed E-state index contributed by atoms with van der Waals surface area (Å²) in [5.41, 5.74) is 0.317. The summed E-state index contributed by atoms with van der Waals surface area (Å²) in [6, 6.07) is 0. The van der Waals surface area contributed by atoms with E-state index < -0.39 is 16.6 Å². The molecule has 0 aromatic carbocycles. The fourth-order valence-electron chi connectivity index (χ4n) is 8.12. The van der Waals surface area contributed by atoms with Crippen molar-refractivity contribution in [2.24, 2.45) is 34.5 Å². The van der Waals surface area contributed by atoms with Gasteiger partial charge in [0.15, 0.2) is 22.4 Å². The average Bonchev–Trinajstić information content (AvgIpc) is 2.84. The second kappa shape index (κ2) is 7.53. The zero-order valence-corrected chi connectivity index (χ0v) is 22.8. The zero-order chi connectivity index (χ0) is 22.1. The molecule has 3 nitrogen and oxygen atoms in total. The van der Waals surface area contributed by atoms with Gasteiger partial charge in [0.2, 0.25) is 0 Å². The summed E-state index contributed by atoms with van der Waals surface area (Å²) in [5.74, 6) is 3.30. The molecule has 0 radical (unpaired) electrons. The normalized spacial score (nSPS) is 46.9. The molecular formula is C25H46O3Si2. The lowest BCUT2D eigenvalue weighted by Crippen LogP contribution is -2.54. The predicted octanol–water partition coefficient (Wildman–Crippen LogP) is 6.65. The Balaban J connectivity index is 1.51. The van der Waals surface area contributed by atoms with E-state index in [4.69, 9.17) is 8.85 Å². The summed E-state index contributed by atoms with van der Waals surface area (Å²) >= 11 is 0. The highest BCUT2D eigenvalue weighted by Crippen LogP contribution is 2.65. The molecule has 8 atom stereocenters. The van der Waals surface area contributed by atoms with Crippen LogP contribution in [-0.4, -0.2) is 34.6 Å². The average molecular weight is 451 g/mol. The van der Waals surface area contributed by atoms with Gasteiger partial charge in [0, 0.05) is 11.5 Å². The van der Waals surface area contributed by atoms with E-state index >= 15 is 0 Å². The van der Waals surface area contributed by atoms with Crippen molar-refractivity contribution in [2.75, 3.05) is 0 Å². The van der Waals surface area contributed by atoms with E-state index in [1.165, 1.54) is 38.5 Å². The number of fused-ring (bicyclic) bond motifs is 5. The van der Waals surface area contributed by atoms with Crippen molar-refractivity contribution >= 4 is 22.4 Å². The summed E-state index contributed by atoms with van der Waals surface area (Å²) in [6.07, 6.45) is 10.2. The van der Waals surface area contributed by atoms with Crippen LogP contribution in [0.15, 0.2) is 0 Å². The molecule has 30 heavy (non-hydrogen) atoms. The SMILES string of the molecule is C[C@]12CCC3C(CC[C@H]4C[C@@H](O[Si](C)(C)C)CC[C@]34C)C1C[C@@H](O[Si](C)(C)C)C2=O. The fraction of sp³-hybridized carbons (Fsp3) is 0.960. The van der Waals surface area contributed by atoms with Crippen LogP contribution in [0, 0.1) is 34.5 Å². The number of Topliss-reactive ketones (excluding diaryl/α,β-unsaturated/α-hetero) is 1. The molecule has 3 unspecified atom stereocenters. The van der Waals surface area contributed by atoms with Crippen LogP contribution < -0.4 is 0 Å². The minimum atomic E-state index is -1.71. The van der Waals surface area contributed by atoms with E-state index in [9.17, 15) is 4.79 Å². The summed E-state index contributed by atoms with van der Waals surface area (Å²) < 4.78 is 13.0. The highest BCUT2D eigenvalue weighted by molar-refractivity contribution is 6.70. The van der Waals surface area contributed by atoms with Gasteiger partial charge >= 0.3 is 0 Å². The van der Waals surface area contributed by atoms with Gasteiger partial charge < -0.3 is 8.85 Å². The number of ketones is 1. The molecule has 0 heterocycles. The molecule has 4 aliphatic rings. The van der Waals surface area contributed by atoms with Crippen LogP contribution in [0.5, 0.6) is 0 Å². The molecule has 0 aliphatic heterocycles. The molecule has 0 saturated heterocycles. The Morgan fingerprint density at radius 3 is 2.10 bits per heavy atom. The van der Waals surface area contributed by atoms with Gasteiger partial charge in [0.25, 0.3) is 0 Å². The zero-order valence-electron chi connectivity index (χ0n) is 20.8. The minimum absolute atomic E-state index is 0.128. The maximum absolute atomic E-state index is 13.4. The van der Waals surface area contributed by atoms with Crippen LogP contribution in [0.2, 0.25) is 39.3 Å². The van der Waals surface area contributed by atoms with Crippen LogP contribution in [0.3, 0.4) is 0 Å². The highest BCUT2D eigenvalue weighted by Gasteiger charge is 2.62. The van der Waals surface area contributed by atoms with Gasteiger partial charge in [-0.25, -0.2) is 0 Å².